The number of pyridine rings is 1. The molecule has 1 aromatic heterocycles. The first kappa shape index (κ1) is 17.2. The number of likely N-dealkylation sites (tertiary alicyclic amines) is 1. The fraction of sp³-hybridized carbons (Fsp3) is 0.667. The molecule has 1 aromatic rings. The second-order valence-corrected chi connectivity index (χ2v) is 5.40. The molecule has 1 saturated heterocycles. The van der Waals surface area contributed by atoms with Gasteiger partial charge in [0.05, 0.1) is 0 Å². The third-order valence-corrected chi connectivity index (χ3v) is 3.99. The first-order valence-electron chi connectivity index (χ1n) is 7.28. The van der Waals surface area contributed by atoms with E-state index in [1.807, 2.05) is 6.20 Å². The van der Waals surface area contributed by atoms with Crippen LogP contribution in [0.25, 0.3) is 0 Å². The van der Waals surface area contributed by atoms with E-state index >= 15 is 0 Å². The molecule has 0 amide bonds. The molecular weight excluding hydrogens is 272 g/mol. The van der Waals surface area contributed by atoms with Crippen LogP contribution in [0, 0.1) is 0 Å². The van der Waals surface area contributed by atoms with Crippen LogP contribution < -0.4 is 10.2 Å². The quantitative estimate of drug-likeness (QED) is 0.902. The fourth-order valence-electron chi connectivity index (χ4n) is 2.59. The van der Waals surface area contributed by atoms with E-state index in [9.17, 15) is 0 Å². The highest BCUT2D eigenvalue weighted by atomic mass is 35.5. The van der Waals surface area contributed by atoms with Crippen LogP contribution in [0.15, 0.2) is 18.3 Å². The van der Waals surface area contributed by atoms with Gasteiger partial charge in [0.25, 0.3) is 0 Å². The van der Waals surface area contributed by atoms with Crippen LogP contribution in [-0.4, -0.2) is 49.7 Å². The highest BCUT2D eigenvalue weighted by Crippen LogP contribution is 2.15. The number of hydrogen-bond donors (Lipinski definition) is 1. The molecule has 0 saturated carbocycles. The SMILES string of the molecule is CCN(C)c1ccc(CN2CCCC(NC)C2)cn1.Cl. The van der Waals surface area contributed by atoms with Crippen molar-refractivity contribution in [1.82, 2.24) is 15.2 Å². The molecule has 20 heavy (non-hydrogen) atoms. The second-order valence-electron chi connectivity index (χ2n) is 5.40. The maximum atomic E-state index is 4.54. The first-order valence-corrected chi connectivity index (χ1v) is 7.28. The summed E-state index contributed by atoms with van der Waals surface area (Å²) in [5.74, 6) is 1.05. The molecule has 2 heterocycles. The Bertz CT molecular complexity index is 382. The summed E-state index contributed by atoms with van der Waals surface area (Å²) in [6, 6.07) is 4.97. The van der Waals surface area contributed by atoms with Gasteiger partial charge in [0, 0.05) is 38.9 Å². The summed E-state index contributed by atoms with van der Waals surface area (Å²) in [4.78, 5) is 9.21. The van der Waals surface area contributed by atoms with Crippen molar-refractivity contribution in [2.75, 3.05) is 38.6 Å². The summed E-state index contributed by atoms with van der Waals surface area (Å²) in [5, 5.41) is 3.39. The summed E-state index contributed by atoms with van der Waals surface area (Å²) in [6.45, 7) is 6.49. The molecule has 1 unspecified atom stereocenters. The summed E-state index contributed by atoms with van der Waals surface area (Å²) in [6.07, 6.45) is 4.60. The molecule has 2 rings (SSSR count). The lowest BCUT2D eigenvalue weighted by atomic mass is 10.1. The number of likely N-dealkylation sites (N-methyl/N-ethyl adjacent to an activating group) is 1. The monoisotopic (exact) mass is 298 g/mol. The van der Waals surface area contributed by atoms with Crippen molar-refractivity contribution < 1.29 is 0 Å². The molecule has 1 N–H and O–H groups in total. The highest BCUT2D eigenvalue weighted by molar-refractivity contribution is 5.85. The van der Waals surface area contributed by atoms with Crippen LogP contribution in [0.4, 0.5) is 5.82 Å². The van der Waals surface area contributed by atoms with Gasteiger partial charge >= 0.3 is 0 Å². The Morgan fingerprint density at radius 1 is 1.45 bits per heavy atom. The van der Waals surface area contributed by atoms with E-state index < -0.39 is 0 Å². The lowest BCUT2D eigenvalue weighted by Crippen LogP contribution is -2.43. The third-order valence-electron chi connectivity index (χ3n) is 3.99. The van der Waals surface area contributed by atoms with Gasteiger partial charge in [0.2, 0.25) is 0 Å². The minimum atomic E-state index is 0. The normalized spacial score (nSPS) is 19.4. The number of anilines is 1. The van der Waals surface area contributed by atoms with Gasteiger partial charge in [-0.15, -0.1) is 12.4 Å². The first-order chi connectivity index (χ1) is 9.22. The van der Waals surface area contributed by atoms with Gasteiger partial charge in [-0.25, -0.2) is 4.98 Å². The summed E-state index contributed by atoms with van der Waals surface area (Å²) < 4.78 is 0. The average molecular weight is 299 g/mol. The molecule has 114 valence electrons. The van der Waals surface area contributed by atoms with Crippen molar-refractivity contribution in [2.24, 2.45) is 0 Å². The van der Waals surface area contributed by atoms with Crippen molar-refractivity contribution >= 4 is 18.2 Å². The van der Waals surface area contributed by atoms with E-state index in [1.165, 1.54) is 24.9 Å². The van der Waals surface area contributed by atoms with E-state index in [4.69, 9.17) is 0 Å². The Hall–Kier alpha value is -0.840. The van der Waals surface area contributed by atoms with Crippen LogP contribution in [0.2, 0.25) is 0 Å². The van der Waals surface area contributed by atoms with Gasteiger partial charge < -0.3 is 10.2 Å². The third kappa shape index (κ3) is 4.62. The number of piperidine rings is 1. The zero-order valence-corrected chi connectivity index (χ0v) is 13.6. The van der Waals surface area contributed by atoms with E-state index in [0.717, 1.165) is 25.5 Å². The molecule has 0 aromatic carbocycles. The van der Waals surface area contributed by atoms with E-state index in [-0.39, 0.29) is 12.4 Å². The highest BCUT2D eigenvalue weighted by Gasteiger charge is 2.18. The van der Waals surface area contributed by atoms with Crippen LogP contribution in [-0.2, 0) is 6.54 Å². The maximum Gasteiger partial charge on any atom is 0.128 e. The van der Waals surface area contributed by atoms with Gasteiger partial charge in [-0.05, 0) is 45.0 Å². The fourth-order valence-corrected chi connectivity index (χ4v) is 2.59. The van der Waals surface area contributed by atoms with Crippen molar-refractivity contribution in [3.8, 4) is 0 Å². The van der Waals surface area contributed by atoms with Crippen molar-refractivity contribution in [3.05, 3.63) is 23.9 Å². The molecule has 1 aliphatic heterocycles. The topological polar surface area (TPSA) is 31.4 Å². The maximum absolute atomic E-state index is 4.54. The molecule has 1 aliphatic rings. The summed E-state index contributed by atoms with van der Waals surface area (Å²) in [5.41, 5.74) is 1.31. The van der Waals surface area contributed by atoms with Gasteiger partial charge in [-0.3, -0.25) is 4.90 Å². The molecule has 0 radical (unpaired) electrons. The van der Waals surface area contributed by atoms with E-state index in [2.05, 4.69) is 53.3 Å². The van der Waals surface area contributed by atoms with Crippen LogP contribution in [0.5, 0.6) is 0 Å². The zero-order valence-electron chi connectivity index (χ0n) is 12.8. The summed E-state index contributed by atoms with van der Waals surface area (Å²) >= 11 is 0. The number of aromatic nitrogens is 1. The number of nitrogens with zero attached hydrogens (tertiary/aromatic N) is 3. The molecule has 1 fully saturated rings. The van der Waals surface area contributed by atoms with Crippen molar-refractivity contribution in [2.45, 2.75) is 32.4 Å². The molecular formula is C15H27ClN4. The van der Waals surface area contributed by atoms with Crippen LogP contribution in [0.1, 0.15) is 25.3 Å². The Labute approximate surface area is 129 Å². The van der Waals surface area contributed by atoms with Crippen molar-refractivity contribution in [1.29, 1.82) is 0 Å². The number of nitrogens with one attached hydrogen (secondary N) is 1. The lowest BCUT2D eigenvalue weighted by Gasteiger charge is -2.32. The average Bonchev–Trinajstić information content (AvgIpc) is 2.47. The predicted octanol–water partition coefficient (Wildman–Crippen LogP) is 2.14. The van der Waals surface area contributed by atoms with Crippen LogP contribution in [0.3, 0.4) is 0 Å². The Morgan fingerprint density at radius 3 is 2.85 bits per heavy atom. The van der Waals surface area contributed by atoms with Gasteiger partial charge in [-0.1, -0.05) is 6.07 Å². The van der Waals surface area contributed by atoms with Gasteiger partial charge in [0.1, 0.15) is 5.82 Å². The van der Waals surface area contributed by atoms with E-state index in [0.29, 0.717) is 6.04 Å². The number of halogens is 1. The standard InChI is InChI=1S/C15H26N4.ClH/c1-4-18(3)15-8-7-13(10-17-15)11-19-9-5-6-14(12-19)16-2;/h7-8,10,14,16H,4-6,9,11-12H2,1-3H3;1H. The molecule has 0 bridgehead atoms. The van der Waals surface area contributed by atoms with Crippen molar-refractivity contribution in [3.63, 3.8) is 0 Å². The second kappa shape index (κ2) is 8.45. The number of rotatable bonds is 5. The molecule has 0 aliphatic carbocycles. The molecule has 4 nitrogen and oxygen atoms in total. The van der Waals surface area contributed by atoms with E-state index in [1.54, 1.807) is 0 Å². The summed E-state index contributed by atoms with van der Waals surface area (Å²) in [7, 11) is 4.13. The Kier molecular flexibility index (Phi) is 7.27. The predicted molar refractivity (Wildman–Crippen MR) is 87.8 cm³/mol. The Morgan fingerprint density at radius 2 is 2.25 bits per heavy atom. The minimum absolute atomic E-state index is 0. The molecule has 1 atom stereocenters. The zero-order chi connectivity index (χ0) is 13.7. The van der Waals surface area contributed by atoms with Gasteiger partial charge in [-0.2, -0.15) is 0 Å². The molecule has 0 spiro atoms. The van der Waals surface area contributed by atoms with Gasteiger partial charge in [0.15, 0.2) is 0 Å². The smallest absolute Gasteiger partial charge is 0.128 e. The Balaban J connectivity index is 0.00000200. The minimum Gasteiger partial charge on any atom is -0.360 e. The number of hydrogen-bond acceptors (Lipinski definition) is 4. The lowest BCUT2D eigenvalue weighted by molar-refractivity contribution is 0.188. The van der Waals surface area contributed by atoms with Crippen LogP contribution >= 0.6 is 12.4 Å². The molecule has 5 heteroatoms. The largest absolute Gasteiger partial charge is 0.360 e.